The van der Waals surface area contributed by atoms with Crippen molar-refractivity contribution < 1.29 is 4.79 Å². The van der Waals surface area contributed by atoms with Crippen LogP contribution in [0, 0.1) is 0 Å². The second kappa shape index (κ2) is 7.17. The molecule has 0 spiro atoms. The van der Waals surface area contributed by atoms with Crippen LogP contribution in [0.15, 0.2) is 24.3 Å². The summed E-state index contributed by atoms with van der Waals surface area (Å²) in [6.45, 7) is 0.771. The molecular weight excluding hydrogens is 272 g/mol. The largest absolute Gasteiger partial charge is 0.337 e. The minimum absolute atomic E-state index is 0.106. The average molecular weight is 300 g/mol. The molecule has 1 aromatic carbocycles. The first-order chi connectivity index (χ1) is 10.8. The number of fused-ring (bicyclic) bond motifs is 1. The molecule has 1 fully saturated rings. The van der Waals surface area contributed by atoms with E-state index in [4.69, 9.17) is 0 Å². The van der Waals surface area contributed by atoms with Gasteiger partial charge in [-0.15, -0.1) is 0 Å². The first-order valence-electron chi connectivity index (χ1n) is 8.84. The number of hydrogen-bond donors (Lipinski definition) is 1. The Balaban J connectivity index is 1.55. The van der Waals surface area contributed by atoms with E-state index in [2.05, 4.69) is 29.6 Å². The van der Waals surface area contributed by atoms with Crippen molar-refractivity contribution in [1.82, 2.24) is 10.2 Å². The topological polar surface area (TPSA) is 32.3 Å². The molecule has 2 aliphatic carbocycles. The SMILES string of the molecule is CN(C(=O)NCC1CCCc2ccccc21)C1CCCCC1. The van der Waals surface area contributed by atoms with Crippen LogP contribution in [0.2, 0.25) is 0 Å². The van der Waals surface area contributed by atoms with Gasteiger partial charge < -0.3 is 10.2 Å². The van der Waals surface area contributed by atoms with Gasteiger partial charge in [-0.1, -0.05) is 43.5 Å². The number of amides is 2. The monoisotopic (exact) mass is 300 g/mol. The van der Waals surface area contributed by atoms with Crippen LogP contribution < -0.4 is 5.32 Å². The van der Waals surface area contributed by atoms with E-state index < -0.39 is 0 Å². The first kappa shape index (κ1) is 15.4. The van der Waals surface area contributed by atoms with Gasteiger partial charge in [0.15, 0.2) is 0 Å². The third-order valence-electron chi connectivity index (χ3n) is 5.44. The molecule has 0 heterocycles. The van der Waals surface area contributed by atoms with Gasteiger partial charge >= 0.3 is 6.03 Å². The summed E-state index contributed by atoms with van der Waals surface area (Å²) in [5.74, 6) is 0.480. The van der Waals surface area contributed by atoms with Crippen LogP contribution in [-0.4, -0.2) is 30.6 Å². The molecule has 0 aliphatic heterocycles. The van der Waals surface area contributed by atoms with Crippen molar-refractivity contribution in [3.8, 4) is 0 Å². The van der Waals surface area contributed by atoms with Gasteiger partial charge in [0.2, 0.25) is 0 Å². The zero-order chi connectivity index (χ0) is 15.4. The summed E-state index contributed by atoms with van der Waals surface area (Å²) in [5, 5.41) is 3.18. The van der Waals surface area contributed by atoms with E-state index in [1.165, 1.54) is 49.7 Å². The standard InChI is InChI=1S/C19H28N2O/c1-21(17-11-3-2-4-12-17)19(22)20-14-16-10-7-9-15-8-5-6-13-18(15)16/h5-6,8,13,16-17H,2-4,7,9-12,14H2,1H3,(H,20,22). The minimum Gasteiger partial charge on any atom is -0.337 e. The van der Waals surface area contributed by atoms with Gasteiger partial charge in [-0.25, -0.2) is 4.79 Å². The Bertz CT molecular complexity index is 508. The molecule has 0 bridgehead atoms. The molecule has 1 aromatic rings. The lowest BCUT2D eigenvalue weighted by Gasteiger charge is -2.32. The van der Waals surface area contributed by atoms with E-state index in [0.29, 0.717) is 12.0 Å². The van der Waals surface area contributed by atoms with Gasteiger partial charge in [0.1, 0.15) is 0 Å². The Morgan fingerprint density at radius 3 is 2.73 bits per heavy atom. The average Bonchev–Trinajstić information content (AvgIpc) is 2.59. The molecule has 3 heteroatoms. The lowest BCUT2D eigenvalue weighted by molar-refractivity contribution is 0.173. The number of rotatable bonds is 3. The maximum absolute atomic E-state index is 12.4. The highest BCUT2D eigenvalue weighted by atomic mass is 16.2. The van der Waals surface area contributed by atoms with Crippen LogP contribution in [-0.2, 0) is 6.42 Å². The molecule has 2 aliphatic rings. The molecule has 1 unspecified atom stereocenters. The Hall–Kier alpha value is -1.51. The fourth-order valence-corrected chi connectivity index (χ4v) is 4.04. The highest BCUT2D eigenvalue weighted by molar-refractivity contribution is 5.74. The molecule has 2 amide bonds. The van der Waals surface area contributed by atoms with Crippen LogP contribution >= 0.6 is 0 Å². The Kier molecular flexibility index (Phi) is 5.01. The summed E-state index contributed by atoms with van der Waals surface area (Å²) in [5.41, 5.74) is 2.91. The molecule has 22 heavy (non-hydrogen) atoms. The molecule has 3 nitrogen and oxygen atoms in total. The van der Waals surface area contributed by atoms with Crippen LogP contribution in [0.5, 0.6) is 0 Å². The molecule has 3 rings (SSSR count). The van der Waals surface area contributed by atoms with Crippen molar-refractivity contribution in [2.75, 3.05) is 13.6 Å². The predicted octanol–water partition coefficient (Wildman–Crippen LogP) is 4.08. The van der Waals surface area contributed by atoms with Crippen molar-refractivity contribution in [1.29, 1.82) is 0 Å². The fourth-order valence-electron chi connectivity index (χ4n) is 4.04. The predicted molar refractivity (Wildman–Crippen MR) is 90.2 cm³/mol. The number of hydrogen-bond acceptors (Lipinski definition) is 1. The Morgan fingerprint density at radius 1 is 1.14 bits per heavy atom. The maximum atomic E-state index is 12.4. The van der Waals surface area contributed by atoms with E-state index in [1.54, 1.807) is 0 Å². The Labute approximate surface area is 134 Å². The fraction of sp³-hybridized carbons (Fsp3) is 0.632. The lowest BCUT2D eigenvalue weighted by atomic mass is 9.83. The molecule has 1 N–H and O–H groups in total. The van der Waals surface area contributed by atoms with Crippen LogP contribution in [0.3, 0.4) is 0 Å². The van der Waals surface area contributed by atoms with E-state index in [1.807, 2.05) is 11.9 Å². The van der Waals surface area contributed by atoms with Crippen molar-refractivity contribution in [3.05, 3.63) is 35.4 Å². The molecule has 0 aromatic heterocycles. The van der Waals surface area contributed by atoms with Crippen molar-refractivity contribution in [3.63, 3.8) is 0 Å². The van der Waals surface area contributed by atoms with E-state index >= 15 is 0 Å². The number of nitrogens with zero attached hydrogens (tertiary/aromatic N) is 1. The van der Waals surface area contributed by atoms with Gasteiger partial charge in [0.25, 0.3) is 0 Å². The van der Waals surface area contributed by atoms with Crippen LogP contribution in [0.4, 0.5) is 4.79 Å². The summed E-state index contributed by atoms with van der Waals surface area (Å²) < 4.78 is 0. The van der Waals surface area contributed by atoms with Crippen molar-refractivity contribution in [2.24, 2.45) is 0 Å². The summed E-state index contributed by atoms with van der Waals surface area (Å²) >= 11 is 0. The van der Waals surface area contributed by atoms with Gasteiger partial charge in [-0.2, -0.15) is 0 Å². The molecular formula is C19H28N2O. The maximum Gasteiger partial charge on any atom is 0.317 e. The zero-order valence-corrected chi connectivity index (χ0v) is 13.7. The lowest BCUT2D eigenvalue weighted by Crippen LogP contribution is -2.45. The first-order valence-corrected chi connectivity index (χ1v) is 8.84. The number of aryl methyl sites for hydroxylation is 1. The zero-order valence-electron chi connectivity index (χ0n) is 13.7. The molecule has 0 saturated heterocycles. The van der Waals surface area contributed by atoms with Gasteiger partial charge in [0, 0.05) is 25.6 Å². The summed E-state index contributed by atoms with van der Waals surface area (Å²) in [4.78, 5) is 14.4. The third kappa shape index (κ3) is 3.45. The highest BCUT2D eigenvalue weighted by Gasteiger charge is 2.24. The molecule has 1 saturated carbocycles. The normalized spacial score (nSPS) is 22.0. The van der Waals surface area contributed by atoms with E-state index in [9.17, 15) is 4.79 Å². The summed E-state index contributed by atoms with van der Waals surface area (Å²) in [7, 11) is 1.96. The third-order valence-corrected chi connectivity index (χ3v) is 5.44. The second-order valence-electron chi connectivity index (χ2n) is 6.88. The number of benzene rings is 1. The quantitative estimate of drug-likeness (QED) is 0.896. The molecule has 0 radical (unpaired) electrons. The van der Waals surface area contributed by atoms with Crippen LogP contribution in [0.1, 0.15) is 62.0 Å². The van der Waals surface area contributed by atoms with E-state index in [-0.39, 0.29) is 6.03 Å². The van der Waals surface area contributed by atoms with Crippen molar-refractivity contribution >= 4 is 6.03 Å². The molecule has 1 atom stereocenters. The van der Waals surface area contributed by atoms with Gasteiger partial charge in [-0.05, 0) is 43.2 Å². The summed E-state index contributed by atoms with van der Waals surface area (Å²) in [6, 6.07) is 9.25. The minimum atomic E-state index is 0.106. The van der Waals surface area contributed by atoms with E-state index in [0.717, 1.165) is 19.4 Å². The summed E-state index contributed by atoms with van der Waals surface area (Å²) in [6.07, 6.45) is 9.77. The van der Waals surface area contributed by atoms with Crippen LogP contribution in [0.25, 0.3) is 0 Å². The number of carbonyl (C=O) groups excluding carboxylic acids is 1. The number of nitrogens with one attached hydrogen (secondary N) is 1. The number of carbonyl (C=O) groups is 1. The smallest absolute Gasteiger partial charge is 0.317 e. The number of urea groups is 1. The van der Waals surface area contributed by atoms with Gasteiger partial charge in [0.05, 0.1) is 0 Å². The van der Waals surface area contributed by atoms with Crippen molar-refractivity contribution in [2.45, 2.75) is 63.3 Å². The highest BCUT2D eigenvalue weighted by Crippen LogP contribution is 2.31. The Morgan fingerprint density at radius 2 is 1.91 bits per heavy atom. The molecule has 120 valence electrons. The van der Waals surface area contributed by atoms with Gasteiger partial charge in [-0.3, -0.25) is 0 Å². The second-order valence-corrected chi connectivity index (χ2v) is 6.88.